The zero-order chi connectivity index (χ0) is 18.4. The van der Waals surface area contributed by atoms with Gasteiger partial charge in [0, 0.05) is 23.2 Å². The molecule has 140 valence electrons. The van der Waals surface area contributed by atoms with Gasteiger partial charge >= 0.3 is 0 Å². The number of carbonyl (C=O) groups is 2. The highest BCUT2D eigenvalue weighted by Gasteiger charge is 2.28. The summed E-state index contributed by atoms with van der Waals surface area (Å²) in [7, 11) is 0. The fourth-order valence-electron chi connectivity index (χ4n) is 4.17. The van der Waals surface area contributed by atoms with Crippen LogP contribution in [0.5, 0.6) is 0 Å². The fourth-order valence-corrected chi connectivity index (χ4v) is 4.17. The van der Waals surface area contributed by atoms with Crippen molar-refractivity contribution in [3.05, 3.63) is 24.3 Å². The van der Waals surface area contributed by atoms with E-state index < -0.39 is 0 Å². The molecule has 2 aliphatic carbocycles. The Kier molecular flexibility index (Phi) is 7.27. The van der Waals surface area contributed by atoms with Gasteiger partial charge in [-0.25, -0.2) is 0 Å². The van der Waals surface area contributed by atoms with Gasteiger partial charge in [0.05, 0.1) is 0 Å². The summed E-state index contributed by atoms with van der Waals surface area (Å²) in [5.74, 6) is 1.59. The predicted molar refractivity (Wildman–Crippen MR) is 102 cm³/mol. The minimum absolute atomic E-state index is 0.00131. The van der Waals surface area contributed by atoms with Gasteiger partial charge in [-0.15, -0.1) is 0 Å². The molecule has 0 heterocycles. The highest BCUT2D eigenvalue weighted by atomic mass is 16.2. The molecule has 4 heteroatoms. The average molecular weight is 347 g/mol. The van der Waals surface area contributed by atoms with Crippen LogP contribution in [0.15, 0.2) is 24.3 Å². The molecule has 0 atom stereocenters. The van der Waals surface area contributed by atoms with Gasteiger partial charge in [-0.1, -0.05) is 13.2 Å². The third-order valence-corrected chi connectivity index (χ3v) is 5.81. The molecule has 4 nitrogen and oxygen atoms in total. The van der Waals surface area contributed by atoms with Crippen molar-refractivity contribution in [3.63, 3.8) is 0 Å². The van der Waals surface area contributed by atoms with Crippen molar-refractivity contribution in [2.45, 2.75) is 83.7 Å². The Morgan fingerprint density at radius 2 is 1.04 bits per heavy atom. The predicted octanol–water partition coefficient (Wildman–Crippen LogP) is 3.88. The van der Waals surface area contributed by atoms with Crippen LogP contribution in [0.2, 0.25) is 0 Å². The van der Waals surface area contributed by atoms with Crippen LogP contribution >= 0.6 is 0 Å². The van der Waals surface area contributed by atoms with Gasteiger partial charge in [-0.2, -0.15) is 0 Å². The van der Waals surface area contributed by atoms with E-state index in [1.54, 1.807) is 13.8 Å². The third kappa shape index (κ3) is 6.33. The number of amides is 2. The molecule has 2 N–H and O–H groups in total. The molecule has 2 saturated carbocycles. The van der Waals surface area contributed by atoms with E-state index in [2.05, 4.69) is 23.8 Å². The molecule has 0 aromatic rings. The van der Waals surface area contributed by atoms with Crippen LogP contribution in [0.1, 0.15) is 71.6 Å². The summed E-state index contributed by atoms with van der Waals surface area (Å²) in [6.45, 7) is 10.9. The number of hydrogen-bond donors (Lipinski definition) is 2. The molecule has 0 unspecified atom stereocenters. The van der Waals surface area contributed by atoms with E-state index in [-0.39, 0.29) is 11.8 Å². The number of hydrogen-bond acceptors (Lipinski definition) is 2. The van der Waals surface area contributed by atoms with E-state index >= 15 is 0 Å². The number of nitrogens with one attached hydrogen (secondary N) is 2. The second kappa shape index (κ2) is 9.21. The average Bonchev–Trinajstić information content (AvgIpc) is 2.58. The second-order valence-electron chi connectivity index (χ2n) is 8.18. The van der Waals surface area contributed by atoms with Crippen molar-refractivity contribution in [2.75, 3.05) is 0 Å². The topological polar surface area (TPSA) is 58.2 Å². The van der Waals surface area contributed by atoms with Crippen molar-refractivity contribution in [3.8, 4) is 0 Å². The molecule has 0 saturated heterocycles. The van der Waals surface area contributed by atoms with Crippen LogP contribution in [0, 0.1) is 11.8 Å². The van der Waals surface area contributed by atoms with Crippen LogP contribution in [0.4, 0.5) is 0 Å². The van der Waals surface area contributed by atoms with Gasteiger partial charge in [0.15, 0.2) is 0 Å². The quantitative estimate of drug-likeness (QED) is 0.717. The Hall–Kier alpha value is -1.58. The molecular weight excluding hydrogens is 312 g/mol. The molecule has 2 rings (SSSR count). The molecule has 0 aliphatic heterocycles. The molecule has 0 aromatic heterocycles. The highest BCUT2D eigenvalue weighted by molar-refractivity contribution is 5.92. The van der Waals surface area contributed by atoms with Gasteiger partial charge in [0.25, 0.3) is 0 Å². The van der Waals surface area contributed by atoms with Crippen LogP contribution in [-0.2, 0) is 9.59 Å². The minimum Gasteiger partial charge on any atom is -0.350 e. The molecule has 2 amide bonds. The van der Waals surface area contributed by atoms with Gasteiger partial charge in [0.1, 0.15) is 0 Å². The lowest BCUT2D eigenvalue weighted by atomic mass is 9.75. The lowest BCUT2D eigenvalue weighted by Crippen LogP contribution is -2.39. The van der Waals surface area contributed by atoms with Crippen molar-refractivity contribution in [1.82, 2.24) is 10.6 Å². The summed E-state index contributed by atoms with van der Waals surface area (Å²) in [5.41, 5.74) is 1.19. The van der Waals surface area contributed by atoms with Crippen molar-refractivity contribution in [2.24, 2.45) is 11.8 Å². The Balaban J connectivity index is 1.65. The maximum absolute atomic E-state index is 11.7. The third-order valence-electron chi connectivity index (χ3n) is 5.81. The van der Waals surface area contributed by atoms with Crippen LogP contribution in [-0.4, -0.2) is 23.9 Å². The Bertz CT molecular complexity index is 464. The first-order valence-electron chi connectivity index (χ1n) is 9.78. The first-order valence-corrected chi connectivity index (χ1v) is 9.78. The summed E-state index contributed by atoms with van der Waals surface area (Å²) in [6.07, 6.45) is 10.5. The largest absolute Gasteiger partial charge is 0.350 e. The van der Waals surface area contributed by atoms with Crippen LogP contribution in [0.25, 0.3) is 0 Å². The highest BCUT2D eigenvalue weighted by Crippen LogP contribution is 2.35. The molecule has 25 heavy (non-hydrogen) atoms. The SMILES string of the molecule is C=C(C)C(=O)NC1CCC(CC2CCC(NC(=O)C(=C)C)CC2)CC1. The van der Waals surface area contributed by atoms with E-state index in [1.807, 2.05) is 0 Å². The fraction of sp³-hybridized carbons (Fsp3) is 0.714. The summed E-state index contributed by atoms with van der Waals surface area (Å²) in [4.78, 5) is 23.4. The Labute approximate surface area is 152 Å². The molecule has 2 fully saturated rings. The summed E-state index contributed by atoms with van der Waals surface area (Å²) in [5, 5.41) is 6.18. The van der Waals surface area contributed by atoms with Gasteiger partial charge in [0.2, 0.25) is 11.8 Å². The first-order chi connectivity index (χ1) is 11.8. The van der Waals surface area contributed by atoms with E-state index in [0.29, 0.717) is 23.2 Å². The molecule has 0 aromatic carbocycles. The molecule has 0 bridgehead atoms. The zero-order valence-electron chi connectivity index (χ0n) is 15.9. The van der Waals surface area contributed by atoms with Crippen molar-refractivity contribution in [1.29, 1.82) is 0 Å². The molecular formula is C21H34N2O2. The monoisotopic (exact) mass is 346 g/mol. The lowest BCUT2D eigenvalue weighted by molar-refractivity contribution is -0.119. The normalized spacial score (nSPS) is 29.5. The Morgan fingerprint density at radius 1 is 0.720 bits per heavy atom. The van der Waals surface area contributed by atoms with E-state index in [9.17, 15) is 9.59 Å². The number of rotatable bonds is 6. The smallest absolute Gasteiger partial charge is 0.246 e. The molecule has 0 spiro atoms. The van der Waals surface area contributed by atoms with Crippen molar-refractivity contribution < 1.29 is 9.59 Å². The molecule has 2 aliphatic rings. The Morgan fingerprint density at radius 3 is 1.32 bits per heavy atom. The summed E-state index contributed by atoms with van der Waals surface area (Å²) >= 11 is 0. The molecule has 0 radical (unpaired) electrons. The zero-order valence-corrected chi connectivity index (χ0v) is 15.9. The second-order valence-corrected chi connectivity index (χ2v) is 8.18. The lowest BCUT2D eigenvalue weighted by Gasteiger charge is -2.34. The maximum atomic E-state index is 11.7. The maximum Gasteiger partial charge on any atom is 0.246 e. The summed E-state index contributed by atoms with van der Waals surface area (Å²) < 4.78 is 0. The van der Waals surface area contributed by atoms with E-state index in [0.717, 1.165) is 37.5 Å². The first kappa shape index (κ1) is 19.7. The van der Waals surface area contributed by atoms with E-state index in [4.69, 9.17) is 0 Å². The summed E-state index contributed by atoms with van der Waals surface area (Å²) in [6, 6.07) is 0.655. The standard InChI is InChI=1S/C21H34N2O2/c1-14(2)20(24)22-18-9-5-16(6-10-18)13-17-7-11-19(12-8-17)23-21(25)15(3)4/h16-19H,1,3,5-13H2,2,4H3,(H,22,24)(H,23,25). The van der Waals surface area contributed by atoms with Crippen LogP contribution in [0.3, 0.4) is 0 Å². The van der Waals surface area contributed by atoms with Gasteiger partial charge in [-0.05, 0) is 83.5 Å². The van der Waals surface area contributed by atoms with Gasteiger partial charge in [-0.3, -0.25) is 9.59 Å². The minimum atomic E-state index is -0.00131. The van der Waals surface area contributed by atoms with Crippen molar-refractivity contribution >= 4 is 11.8 Å². The number of carbonyl (C=O) groups excluding carboxylic acids is 2. The van der Waals surface area contributed by atoms with Gasteiger partial charge < -0.3 is 10.6 Å². The van der Waals surface area contributed by atoms with Crippen LogP contribution < -0.4 is 10.6 Å². The van der Waals surface area contributed by atoms with E-state index in [1.165, 1.54) is 32.1 Å².